The Bertz CT molecular complexity index is 767. The summed E-state index contributed by atoms with van der Waals surface area (Å²) < 4.78 is 28.5. The number of benzene rings is 2. The maximum atomic E-state index is 14.3. The van der Waals surface area contributed by atoms with E-state index < -0.39 is 5.92 Å². The molecule has 2 aromatic rings. The molecule has 2 heteroatoms. The second kappa shape index (κ2) is 12.5. The Kier molecular flexibility index (Phi) is 9.75. The second-order valence-electron chi connectivity index (χ2n) is 10.0. The highest BCUT2D eigenvalue weighted by Crippen LogP contribution is 2.38. The van der Waals surface area contributed by atoms with Crippen LogP contribution in [0.1, 0.15) is 108 Å². The molecule has 0 unspecified atom stereocenters. The zero-order valence-corrected chi connectivity index (χ0v) is 20.2. The smallest absolute Gasteiger partial charge is 0.207 e. The lowest BCUT2D eigenvalue weighted by atomic mass is 9.77. The summed E-state index contributed by atoms with van der Waals surface area (Å²) in [5.41, 5.74) is 4.46. The van der Waals surface area contributed by atoms with Crippen molar-refractivity contribution >= 4 is 0 Å². The Morgan fingerprint density at radius 1 is 0.719 bits per heavy atom. The van der Waals surface area contributed by atoms with Gasteiger partial charge in [-0.2, -0.15) is 0 Å². The molecule has 2 aromatic carbocycles. The molecular weight excluding hydrogens is 398 g/mol. The van der Waals surface area contributed by atoms with E-state index in [-0.39, 0.29) is 12.8 Å². The molecule has 32 heavy (non-hydrogen) atoms. The van der Waals surface area contributed by atoms with Crippen LogP contribution in [-0.2, 0) is 6.42 Å². The van der Waals surface area contributed by atoms with E-state index >= 15 is 0 Å². The van der Waals surface area contributed by atoms with Gasteiger partial charge < -0.3 is 0 Å². The van der Waals surface area contributed by atoms with Crippen molar-refractivity contribution < 1.29 is 8.78 Å². The predicted octanol–water partition coefficient (Wildman–Crippen LogP) is 9.97. The third-order valence-electron chi connectivity index (χ3n) is 7.34. The van der Waals surface area contributed by atoms with Crippen LogP contribution >= 0.6 is 0 Å². The lowest BCUT2D eigenvalue weighted by Gasteiger charge is -2.29. The van der Waals surface area contributed by atoms with Crippen molar-refractivity contribution in [2.24, 2.45) is 5.92 Å². The number of alkyl halides is 2. The molecule has 0 atom stereocenters. The van der Waals surface area contributed by atoms with Crippen molar-refractivity contribution in [2.75, 3.05) is 0 Å². The summed E-state index contributed by atoms with van der Waals surface area (Å²) in [6, 6.07) is 16.7. The van der Waals surface area contributed by atoms with E-state index in [1.165, 1.54) is 56.1 Å². The minimum Gasteiger partial charge on any atom is -0.207 e. The van der Waals surface area contributed by atoms with Gasteiger partial charge in [0.15, 0.2) is 0 Å². The second-order valence-corrected chi connectivity index (χ2v) is 10.0. The van der Waals surface area contributed by atoms with Gasteiger partial charge in [-0.15, -0.1) is 0 Å². The fourth-order valence-electron chi connectivity index (χ4n) is 5.24. The first-order valence-electron chi connectivity index (χ1n) is 13.1. The van der Waals surface area contributed by atoms with Gasteiger partial charge in [-0.3, -0.25) is 0 Å². The van der Waals surface area contributed by atoms with Gasteiger partial charge in [-0.25, -0.2) is 8.78 Å². The first-order valence-corrected chi connectivity index (χ1v) is 13.1. The number of halogens is 2. The van der Waals surface area contributed by atoms with E-state index in [1.807, 2.05) is 24.3 Å². The van der Waals surface area contributed by atoms with E-state index in [9.17, 15) is 8.78 Å². The zero-order chi connectivity index (χ0) is 22.8. The molecule has 1 fully saturated rings. The summed E-state index contributed by atoms with van der Waals surface area (Å²) in [4.78, 5) is 0. The number of hydrogen-bond acceptors (Lipinski definition) is 0. The first kappa shape index (κ1) is 24.9. The summed E-state index contributed by atoms with van der Waals surface area (Å²) in [7, 11) is 0. The van der Waals surface area contributed by atoms with Gasteiger partial charge in [0.2, 0.25) is 0 Å². The molecule has 0 heterocycles. The molecule has 0 radical (unpaired) electrons. The Morgan fingerprint density at radius 2 is 1.31 bits per heavy atom. The number of hydrogen-bond donors (Lipinski definition) is 0. The highest BCUT2D eigenvalue weighted by atomic mass is 19.3. The fourth-order valence-corrected chi connectivity index (χ4v) is 5.24. The normalized spacial score (nSPS) is 19.2. The summed E-state index contributed by atoms with van der Waals surface area (Å²) in [6.07, 6.45) is 12.9. The van der Waals surface area contributed by atoms with Crippen molar-refractivity contribution in [3.8, 4) is 11.1 Å². The third-order valence-corrected chi connectivity index (χ3v) is 7.34. The lowest BCUT2D eigenvalue weighted by molar-refractivity contribution is -0.00948. The van der Waals surface area contributed by atoms with Crippen molar-refractivity contribution in [1.82, 2.24) is 0 Å². The van der Waals surface area contributed by atoms with Crippen molar-refractivity contribution in [3.05, 3.63) is 59.7 Å². The standard InChI is InChI=1S/C30H42F2/c1-3-5-7-8-22-30(31,32)23-25-12-16-27(17-13-25)29-20-18-28(19-21-29)26-14-10-24(11-15-26)9-6-4-2/h12-13,16-21,24,26H,3-11,14-15,22-23H2,1-2H3. The zero-order valence-electron chi connectivity index (χ0n) is 20.2. The van der Waals surface area contributed by atoms with Crippen molar-refractivity contribution in [3.63, 3.8) is 0 Å². The van der Waals surface area contributed by atoms with Gasteiger partial charge >= 0.3 is 0 Å². The molecule has 0 nitrogen and oxygen atoms in total. The molecule has 1 aliphatic carbocycles. The van der Waals surface area contributed by atoms with Crippen LogP contribution in [-0.4, -0.2) is 5.92 Å². The molecule has 0 spiro atoms. The molecule has 176 valence electrons. The fraction of sp³-hybridized carbons (Fsp3) is 0.600. The topological polar surface area (TPSA) is 0 Å². The van der Waals surface area contributed by atoms with Crippen LogP contribution in [0.25, 0.3) is 11.1 Å². The molecule has 0 aromatic heterocycles. The van der Waals surface area contributed by atoms with E-state index in [0.717, 1.165) is 36.3 Å². The maximum absolute atomic E-state index is 14.3. The molecular formula is C30H42F2. The summed E-state index contributed by atoms with van der Waals surface area (Å²) >= 11 is 0. The van der Waals surface area contributed by atoms with Gasteiger partial charge in [0, 0.05) is 12.8 Å². The Balaban J connectivity index is 1.52. The third kappa shape index (κ3) is 7.71. The van der Waals surface area contributed by atoms with Crippen LogP contribution < -0.4 is 0 Å². The van der Waals surface area contributed by atoms with E-state index in [2.05, 4.69) is 38.1 Å². The minimum atomic E-state index is -2.60. The van der Waals surface area contributed by atoms with E-state index in [4.69, 9.17) is 0 Å². The van der Waals surface area contributed by atoms with Crippen LogP contribution in [0.2, 0.25) is 0 Å². The van der Waals surface area contributed by atoms with Gasteiger partial charge in [-0.1, -0.05) is 101 Å². The summed E-state index contributed by atoms with van der Waals surface area (Å²) in [6.45, 7) is 4.39. The molecule has 3 rings (SSSR count). The van der Waals surface area contributed by atoms with Gasteiger partial charge in [-0.05, 0) is 66.2 Å². The van der Waals surface area contributed by atoms with Crippen LogP contribution in [0.4, 0.5) is 8.78 Å². The first-order chi connectivity index (χ1) is 15.5. The predicted molar refractivity (Wildman–Crippen MR) is 134 cm³/mol. The van der Waals surface area contributed by atoms with Crippen LogP contribution in [0, 0.1) is 5.92 Å². The molecule has 0 bridgehead atoms. The van der Waals surface area contributed by atoms with Gasteiger partial charge in [0.05, 0.1) is 0 Å². The molecule has 0 saturated heterocycles. The molecule has 1 saturated carbocycles. The highest BCUT2D eigenvalue weighted by Gasteiger charge is 2.28. The maximum Gasteiger partial charge on any atom is 0.252 e. The van der Waals surface area contributed by atoms with Crippen LogP contribution in [0.15, 0.2) is 48.5 Å². The molecule has 0 N–H and O–H groups in total. The lowest BCUT2D eigenvalue weighted by Crippen LogP contribution is -2.19. The summed E-state index contributed by atoms with van der Waals surface area (Å²) in [5, 5.41) is 0. The highest BCUT2D eigenvalue weighted by molar-refractivity contribution is 5.64. The Labute approximate surface area is 194 Å². The molecule has 0 aliphatic heterocycles. The van der Waals surface area contributed by atoms with Crippen molar-refractivity contribution in [1.29, 1.82) is 0 Å². The Morgan fingerprint density at radius 3 is 1.91 bits per heavy atom. The average molecular weight is 441 g/mol. The number of unbranched alkanes of at least 4 members (excludes halogenated alkanes) is 4. The van der Waals surface area contributed by atoms with Crippen LogP contribution in [0.3, 0.4) is 0 Å². The minimum absolute atomic E-state index is 0.00324. The van der Waals surface area contributed by atoms with Gasteiger partial charge in [0.25, 0.3) is 5.92 Å². The number of rotatable bonds is 12. The van der Waals surface area contributed by atoms with Gasteiger partial charge in [0.1, 0.15) is 0 Å². The van der Waals surface area contributed by atoms with E-state index in [1.54, 1.807) is 0 Å². The van der Waals surface area contributed by atoms with E-state index in [0.29, 0.717) is 12.3 Å². The average Bonchev–Trinajstić information content (AvgIpc) is 2.81. The molecule has 0 amide bonds. The van der Waals surface area contributed by atoms with Crippen LogP contribution in [0.5, 0.6) is 0 Å². The SMILES string of the molecule is CCCCCCC(F)(F)Cc1ccc(-c2ccc(C3CCC(CCCC)CC3)cc2)cc1. The quantitative estimate of drug-likeness (QED) is 0.288. The summed E-state index contributed by atoms with van der Waals surface area (Å²) in [5.74, 6) is -0.969. The largest absolute Gasteiger partial charge is 0.252 e. The molecule has 1 aliphatic rings. The monoisotopic (exact) mass is 440 g/mol. The van der Waals surface area contributed by atoms with Crippen molar-refractivity contribution in [2.45, 2.75) is 109 Å². The Hall–Kier alpha value is -1.70.